The Hall–Kier alpha value is -1.70. The molecule has 1 aliphatic heterocycles. The summed E-state index contributed by atoms with van der Waals surface area (Å²) in [5, 5.41) is 4.84. The van der Waals surface area contributed by atoms with E-state index in [0.29, 0.717) is 5.13 Å². The molecule has 0 radical (unpaired) electrons. The van der Waals surface area contributed by atoms with Crippen molar-refractivity contribution in [2.24, 2.45) is 0 Å². The lowest BCUT2D eigenvalue weighted by Gasteiger charge is -2.09. The van der Waals surface area contributed by atoms with Gasteiger partial charge in [0.15, 0.2) is 5.13 Å². The number of rotatable bonds is 4. The second-order valence-corrected chi connectivity index (χ2v) is 7.33. The number of aromatic nitrogens is 1. The van der Waals surface area contributed by atoms with Crippen LogP contribution in [0.1, 0.15) is 16.1 Å². The van der Waals surface area contributed by atoms with Crippen molar-refractivity contribution in [2.45, 2.75) is 13.0 Å². The molecule has 110 valence electrons. The summed E-state index contributed by atoms with van der Waals surface area (Å²) < 4.78 is 26.6. The van der Waals surface area contributed by atoms with Crippen LogP contribution in [0.5, 0.6) is 0 Å². The van der Waals surface area contributed by atoms with E-state index >= 15 is 0 Å². The van der Waals surface area contributed by atoms with Crippen molar-refractivity contribution in [1.29, 1.82) is 0 Å². The lowest BCUT2D eigenvalue weighted by Crippen LogP contribution is -2.22. The Morgan fingerprint density at radius 2 is 2.10 bits per heavy atom. The van der Waals surface area contributed by atoms with Gasteiger partial charge in [-0.05, 0) is 11.6 Å². The number of hydrogen-bond acceptors (Lipinski definition) is 5. The van der Waals surface area contributed by atoms with E-state index in [4.69, 9.17) is 0 Å². The molecule has 0 spiro atoms. The van der Waals surface area contributed by atoms with Crippen molar-refractivity contribution in [1.82, 2.24) is 10.3 Å². The first-order valence-electron chi connectivity index (χ1n) is 6.58. The molecule has 1 aromatic heterocycles. The number of anilines is 1. The van der Waals surface area contributed by atoms with Crippen molar-refractivity contribution in [3.63, 3.8) is 0 Å². The first kappa shape index (κ1) is 14.2. The third-order valence-corrected chi connectivity index (χ3v) is 5.19. The van der Waals surface area contributed by atoms with Crippen LogP contribution in [-0.2, 0) is 23.0 Å². The van der Waals surface area contributed by atoms with Gasteiger partial charge in [-0.2, -0.15) is 0 Å². The minimum absolute atomic E-state index is 0.432. The molecule has 21 heavy (non-hydrogen) atoms. The summed E-state index contributed by atoms with van der Waals surface area (Å²) in [4.78, 5) is 5.45. The van der Waals surface area contributed by atoms with Crippen LogP contribution in [0.4, 0.5) is 5.13 Å². The van der Waals surface area contributed by atoms with Crippen LogP contribution in [0.2, 0.25) is 0 Å². The third kappa shape index (κ3) is 3.69. The van der Waals surface area contributed by atoms with Crippen LogP contribution in [-0.4, -0.2) is 19.9 Å². The predicted octanol–water partition coefficient (Wildman–Crippen LogP) is 2.20. The van der Waals surface area contributed by atoms with Gasteiger partial charge in [0.25, 0.3) is 10.0 Å². The molecule has 0 unspecified atom stereocenters. The number of nitrogens with zero attached hydrogens (tertiary/aromatic N) is 1. The fraction of sp³-hybridized carbons (Fsp3) is 0.214. The molecular formula is C14H15N3O2S2. The molecule has 1 aliphatic rings. The van der Waals surface area contributed by atoms with Gasteiger partial charge in [-0.1, -0.05) is 41.7 Å². The Morgan fingerprint density at radius 3 is 2.86 bits per heavy atom. The Balaban J connectivity index is 1.74. The molecule has 0 aliphatic carbocycles. The average Bonchev–Trinajstić information content (AvgIpc) is 2.87. The number of nitrogens with one attached hydrogen (secondary N) is 2. The number of fused-ring (bicyclic) bond motifs is 1. The quantitative estimate of drug-likeness (QED) is 0.905. The van der Waals surface area contributed by atoms with E-state index < -0.39 is 10.0 Å². The Kier molecular flexibility index (Phi) is 4.05. The van der Waals surface area contributed by atoms with E-state index in [0.717, 1.165) is 35.6 Å². The summed E-state index contributed by atoms with van der Waals surface area (Å²) >= 11 is 1.39. The van der Waals surface area contributed by atoms with Crippen molar-refractivity contribution < 1.29 is 8.42 Å². The highest BCUT2D eigenvalue weighted by Gasteiger charge is 2.17. The Morgan fingerprint density at radius 1 is 1.29 bits per heavy atom. The van der Waals surface area contributed by atoms with Gasteiger partial charge in [0.2, 0.25) is 0 Å². The summed E-state index contributed by atoms with van der Waals surface area (Å²) in [6.45, 7) is 1.64. The summed E-state index contributed by atoms with van der Waals surface area (Å²) in [6, 6.07) is 9.31. The SMILES string of the molecule is O=S(=O)(/C=C/c1ccccc1)Nc1nc2c(s1)CNCC2. The largest absolute Gasteiger partial charge is 0.311 e. The second-order valence-electron chi connectivity index (χ2n) is 4.68. The van der Waals surface area contributed by atoms with Gasteiger partial charge >= 0.3 is 0 Å². The summed E-state index contributed by atoms with van der Waals surface area (Å²) in [6.07, 6.45) is 2.41. The fourth-order valence-corrected chi connectivity index (χ4v) is 4.09. The van der Waals surface area contributed by atoms with Gasteiger partial charge in [0.05, 0.1) is 11.1 Å². The van der Waals surface area contributed by atoms with Crippen LogP contribution in [0.25, 0.3) is 6.08 Å². The smallest absolute Gasteiger partial charge is 0.256 e. The maximum absolute atomic E-state index is 12.0. The van der Waals surface area contributed by atoms with Crippen molar-refractivity contribution >= 4 is 32.6 Å². The highest BCUT2D eigenvalue weighted by molar-refractivity contribution is 7.95. The first-order valence-corrected chi connectivity index (χ1v) is 8.94. The number of thiazole rings is 1. The van der Waals surface area contributed by atoms with E-state index in [-0.39, 0.29) is 0 Å². The monoisotopic (exact) mass is 321 g/mol. The summed E-state index contributed by atoms with van der Waals surface area (Å²) in [5.41, 5.74) is 1.83. The van der Waals surface area contributed by atoms with Gasteiger partial charge in [0, 0.05) is 24.4 Å². The minimum atomic E-state index is -3.54. The third-order valence-electron chi connectivity index (χ3n) is 3.07. The molecular weight excluding hydrogens is 306 g/mol. The van der Waals surface area contributed by atoms with Gasteiger partial charge in [-0.25, -0.2) is 13.4 Å². The molecule has 0 bridgehead atoms. The lowest BCUT2D eigenvalue weighted by molar-refractivity contribution is 0.609. The van der Waals surface area contributed by atoms with Crippen LogP contribution in [0.3, 0.4) is 0 Å². The van der Waals surface area contributed by atoms with Gasteiger partial charge in [-0.3, -0.25) is 4.72 Å². The molecule has 2 aromatic rings. The Bertz CT molecular complexity index is 728. The lowest BCUT2D eigenvalue weighted by atomic mass is 10.2. The second kappa shape index (κ2) is 5.97. The van der Waals surface area contributed by atoms with E-state index in [9.17, 15) is 8.42 Å². The van der Waals surface area contributed by atoms with Crippen molar-refractivity contribution in [3.05, 3.63) is 51.9 Å². The number of hydrogen-bond donors (Lipinski definition) is 2. The summed E-state index contributed by atoms with van der Waals surface area (Å²) in [5.74, 6) is 0. The zero-order chi connectivity index (χ0) is 14.7. The van der Waals surface area contributed by atoms with E-state index in [2.05, 4.69) is 15.0 Å². The molecule has 1 aromatic carbocycles. The fourth-order valence-electron chi connectivity index (χ4n) is 2.06. The molecule has 5 nitrogen and oxygen atoms in total. The van der Waals surface area contributed by atoms with Crippen molar-refractivity contribution in [3.8, 4) is 0 Å². The molecule has 2 N–H and O–H groups in total. The van der Waals surface area contributed by atoms with Gasteiger partial charge < -0.3 is 5.32 Å². The van der Waals surface area contributed by atoms with Crippen LogP contribution >= 0.6 is 11.3 Å². The molecule has 0 saturated heterocycles. The molecule has 7 heteroatoms. The van der Waals surface area contributed by atoms with Crippen molar-refractivity contribution in [2.75, 3.05) is 11.3 Å². The highest BCUT2D eigenvalue weighted by Crippen LogP contribution is 2.26. The maximum Gasteiger partial charge on any atom is 0.256 e. The van der Waals surface area contributed by atoms with Gasteiger partial charge in [0.1, 0.15) is 0 Å². The van der Waals surface area contributed by atoms with Crippen LogP contribution in [0, 0.1) is 0 Å². The number of sulfonamides is 1. The highest BCUT2D eigenvalue weighted by atomic mass is 32.2. The van der Waals surface area contributed by atoms with Gasteiger partial charge in [-0.15, -0.1) is 0 Å². The van der Waals surface area contributed by atoms with Crippen LogP contribution < -0.4 is 10.0 Å². The average molecular weight is 321 g/mol. The maximum atomic E-state index is 12.0. The minimum Gasteiger partial charge on any atom is -0.311 e. The molecule has 2 heterocycles. The van der Waals surface area contributed by atoms with E-state index in [1.807, 2.05) is 30.3 Å². The molecule has 0 saturated carbocycles. The van der Waals surface area contributed by atoms with Crippen LogP contribution in [0.15, 0.2) is 35.7 Å². The summed E-state index contributed by atoms with van der Waals surface area (Å²) in [7, 11) is -3.54. The Labute approximate surface area is 127 Å². The topological polar surface area (TPSA) is 71.1 Å². The van der Waals surface area contributed by atoms with E-state index in [1.165, 1.54) is 16.7 Å². The first-order chi connectivity index (χ1) is 10.1. The molecule has 3 rings (SSSR count). The zero-order valence-corrected chi connectivity index (χ0v) is 12.9. The van der Waals surface area contributed by atoms with E-state index in [1.54, 1.807) is 6.08 Å². The molecule has 0 atom stereocenters. The standard InChI is InChI=1S/C14H15N3O2S2/c18-21(19,9-7-11-4-2-1-3-5-11)17-14-16-12-6-8-15-10-13(12)20-14/h1-5,7,9,15H,6,8,10H2,(H,16,17)/b9-7+. The number of benzene rings is 1. The molecule has 0 fully saturated rings. The molecule has 0 amide bonds. The zero-order valence-electron chi connectivity index (χ0n) is 11.2. The predicted molar refractivity (Wildman–Crippen MR) is 85.5 cm³/mol. The normalized spacial score (nSPS) is 15.0.